The maximum absolute atomic E-state index is 12.5. The summed E-state index contributed by atoms with van der Waals surface area (Å²) in [6.07, 6.45) is 3.76. The van der Waals surface area contributed by atoms with Gasteiger partial charge in [-0.3, -0.25) is 9.59 Å². The van der Waals surface area contributed by atoms with Gasteiger partial charge in [0, 0.05) is 10.4 Å². The molecule has 0 spiro atoms. The highest BCUT2D eigenvalue weighted by atomic mass is 79.9. The van der Waals surface area contributed by atoms with Crippen LogP contribution in [0.2, 0.25) is 0 Å². The summed E-state index contributed by atoms with van der Waals surface area (Å²) < 4.78 is 6.35. The van der Waals surface area contributed by atoms with E-state index in [1.807, 2.05) is 30.3 Å². The minimum absolute atomic E-state index is 0.0929. The van der Waals surface area contributed by atoms with E-state index in [0.29, 0.717) is 12.2 Å². The van der Waals surface area contributed by atoms with Gasteiger partial charge < -0.3 is 4.42 Å². The van der Waals surface area contributed by atoms with Crippen molar-refractivity contribution in [3.05, 3.63) is 64.5 Å². The second kappa shape index (κ2) is 6.05. The largest absolute Gasteiger partial charge is 0.465 e. The summed E-state index contributed by atoms with van der Waals surface area (Å²) in [6, 6.07) is 11.4. The first kappa shape index (κ1) is 15.0. The predicted octanol–water partition coefficient (Wildman–Crippen LogP) is 4.39. The van der Waals surface area contributed by atoms with Crippen molar-refractivity contribution >= 4 is 33.1 Å². The summed E-state index contributed by atoms with van der Waals surface area (Å²) in [5, 5.41) is 0. The van der Waals surface area contributed by atoms with E-state index in [0.717, 1.165) is 15.6 Å². The molecule has 0 unspecified atom stereocenters. The topological polar surface area (TPSA) is 47.3 Å². The highest BCUT2D eigenvalue weighted by Crippen LogP contribution is 2.40. The summed E-state index contributed by atoms with van der Waals surface area (Å²) in [7, 11) is 0. The molecule has 4 heteroatoms. The molecule has 0 saturated carbocycles. The van der Waals surface area contributed by atoms with Crippen molar-refractivity contribution in [3.63, 3.8) is 0 Å². The standard InChI is InChI=1S/C18H15BrO3/c1-11(20)18-15(12-4-2-5-14(19)8-12)9-13(10-16(18)21)17-6-3-7-22-17/h2-8,10,15,18H,9H2,1H3/t15-,18+/m1/s1. The van der Waals surface area contributed by atoms with Crippen molar-refractivity contribution in [1.29, 1.82) is 0 Å². The van der Waals surface area contributed by atoms with Crippen LogP contribution in [-0.2, 0) is 9.59 Å². The average molecular weight is 359 g/mol. The summed E-state index contributed by atoms with van der Waals surface area (Å²) >= 11 is 3.45. The zero-order chi connectivity index (χ0) is 15.7. The normalized spacial score (nSPS) is 21.5. The quantitative estimate of drug-likeness (QED) is 0.764. The summed E-state index contributed by atoms with van der Waals surface area (Å²) in [5.41, 5.74) is 1.83. The molecule has 0 amide bonds. The number of carbonyl (C=O) groups is 2. The Kier molecular flexibility index (Phi) is 4.12. The first-order valence-corrected chi connectivity index (χ1v) is 7.90. The van der Waals surface area contributed by atoms with Gasteiger partial charge in [0.2, 0.25) is 0 Å². The lowest BCUT2D eigenvalue weighted by atomic mass is 9.73. The molecule has 1 heterocycles. The second-order valence-corrected chi connectivity index (χ2v) is 6.42. The van der Waals surface area contributed by atoms with Crippen molar-refractivity contribution in [2.45, 2.75) is 19.3 Å². The number of halogens is 1. The van der Waals surface area contributed by atoms with Crippen LogP contribution in [0.25, 0.3) is 5.57 Å². The fraction of sp³-hybridized carbons (Fsp3) is 0.222. The molecule has 3 rings (SSSR count). The van der Waals surface area contributed by atoms with Crippen molar-refractivity contribution in [2.75, 3.05) is 0 Å². The molecule has 2 aromatic rings. The van der Waals surface area contributed by atoms with E-state index in [1.165, 1.54) is 6.92 Å². The van der Waals surface area contributed by atoms with Crippen LogP contribution in [0.4, 0.5) is 0 Å². The first-order chi connectivity index (χ1) is 10.6. The molecule has 112 valence electrons. The number of furan rings is 1. The van der Waals surface area contributed by atoms with E-state index in [1.54, 1.807) is 18.4 Å². The van der Waals surface area contributed by atoms with Crippen LogP contribution in [0.1, 0.15) is 30.6 Å². The van der Waals surface area contributed by atoms with Crippen LogP contribution in [0.15, 0.2) is 57.6 Å². The van der Waals surface area contributed by atoms with Crippen molar-refractivity contribution < 1.29 is 14.0 Å². The molecule has 1 aliphatic carbocycles. The van der Waals surface area contributed by atoms with Gasteiger partial charge in [0.1, 0.15) is 11.5 Å². The van der Waals surface area contributed by atoms with Gasteiger partial charge in [-0.2, -0.15) is 0 Å². The molecule has 0 saturated heterocycles. The van der Waals surface area contributed by atoms with Gasteiger partial charge in [-0.05, 0) is 54.8 Å². The lowest BCUT2D eigenvalue weighted by Gasteiger charge is -2.28. The van der Waals surface area contributed by atoms with E-state index < -0.39 is 5.92 Å². The summed E-state index contributed by atoms with van der Waals surface area (Å²) in [6.45, 7) is 1.49. The van der Waals surface area contributed by atoms with Crippen LogP contribution >= 0.6 is 15.9 Å². The molecule has 0 bridgehead atoms. The molecule has 1 aromatic carbocycles. The van der Waals surface area contributed by atoms with Crippen molar-refractivity contribution in [1.82, 2.24) is 0 Å². The Hall–Kier alpha value is -1.94. The van der Waals surface area contributed by atoms with Crippen molar-refractivity contribution in [2.24, 2.45) is 5.92 Å². The van der Waals surface area contributed by atoms with Gasteiger partial charge in [0.25, 0.3) is 0 Å². The number of benzene rings is 1. The highest BCUT2D eigenvalue weighted by Gasteiger charge is 2.37. The third-order valence-corrected chi connectivity index (χ3v) is 4.51. The molecular formula is C18H15BrO3. The predicted molar refractivity (Wildman–Crippen MR) is 87.4 cm³/mol. The van der Waals surface area contributed by atoms with Gasteiger partial charge >= 0.3 is 0 Å². The molecule has 3 nitrogen and oxygen atoms in total. The van der Waals surface area contributed by atoms with E-state index >= 15 is 0 Å². The Morgan fingerprint density at radius 1 is 1.27 bits per heavy atom. The number of Topliss-reactive ketones (excluding diaryl/α,β-unsaturated/α-hetero) is 1. The Labute approximate surface area is 137 Å². The van der Waals surface area contributed by atoms with Crippen LogP contribution in [0.5, 0.6) is 0 Å². The zero-order valence-corrected chi connectivity index (χ0v) is 13.7. The van der Waals surface area contributed by atoms with Crippen LogP contribution < -0.4 is 0 Å². The molecule has 1 aliphatic rings. The maximum atomic E-state index is 12.5. The minimum Gasteiger partial charge on any atom is -0.465 e. The van der Waals surface area contributed by atoms with E-state index in [-0.39, 0.29) is 17.5 Å². The number of allylic oxidation sites excluding steroid dienone is 2. The van der Waals surface area contributed by atoms with E-state index in [9.17, 15) is 9.59 Å². The molecular weight excluding hydrogens is 344 g/mol. The number of rotatable bonds is 3. The highest BCUT2D eigenvalue weighted by molar-refractivity contribution is 9.10. The van der Waals surface area contributed by atoms with Gasteiger partial charge in [-0.15, -0.1) is 0 Å². The number of ketones is 2. The molecule has 0 aliphatic heterocycles. The Balaban J connectivity index is 2.04. The fourth-order valence-corrected chi connectivity index (χ4v) is 3.45. The lowest BCUT2D eigenvalue weighted by Crippen LogP contribution is -2.31. The summed E-state index contributed by atoms with van der Waals surface area (Å²) in [5.74, 6) is -0.323. The lowest BCUT2D eigenvalue weighted by molar-refractivity contribution is -0.130. The van der Waals surface area contributed by atoms with Crippen LogP contribution in [0, 0.1) is 5.92 Å². The zero-order valence-electron chi connectivity index (χ0n) is 12.1. The SMILES string of the molecule is CC(=O)[C@@H]1C(=O)C=C(c2ccco2)C[C@@H]1c1cccc(Br)c1. The Morgan fingerprint density at radius 3 is 2.73 bits per heavy atom. The minimum atomic E-state index is -0.618. The number of hydrogen-bond donors (Lipinski definition) is 0. The molecule has 2 atom stereocenters. The first-order valence-electron chi connectivity index (χ1n) is 7.10. The van der Waals surface area contributed by atoms with Gasteiger partial charge in [0.15, 0.2) is 5.78 Å². The summed E-state index contributed by atoms with van der Waals surface area (Å²) in [4.78, 5) is 24.4. The molecule has 1 aromatic heterocycles. The number of hydrogen-bond acceptors (Lipinski definition) is 3. The van der Waals surface area contributed by atoms with Crippen LogP contribution in [-0.4, -0.2) is 11.6 Å². The fourth-order valence-electron chi connectivity index (χ4n) is 3.04. The monoisotopic (exact) mass is 358 g/mol. The molecule has 22 heavy (non-hydrogen) atoms. The van der Waals surface area contributed by atoms with E-state index in [2.05, 4.69) is 15.9 Å². The smallest absolute Gasteiger partial charge is 0.167 e. The van der Waals surface area contributed by atoms with Gasteiger partial charge in [-0.25, -0.2) is 0 Å². The Bertz CT molecular complexity index is 743. The molecule has 0 radical (unpaired) electrons. The second-order valence-electron chi connectivity index (χ2n) is 5.50. The van der Waals surface area contributed by atoms with Gasteiger partial charge in [-0.1, -0.05) is 28.1 Å². The molecule has 0 fully saturated rings. The third-order valence-electron chi connectivity index (χ3n) is 4.02. The average Bonchev–Trinajstić information content (AvgIpc) is 3.00. The van der Waals surface area contributed by atoms with E-state index in [4.69, 9.17) is 4.42 Å². The Morgan fingerprint density at radius 2 is 2.09 bits per heavy atom. The third kappa shape index (κ3) is 2.83. The van der Waals surface area contributed by atoms with Crippen molar-refractivity contribution in [3.8, 4) is 0 Å². The molecule has 0 N–H and O–H groups in total. The number of carbonyl (C=O) groups excluding carboxylic acids is 2. The maximum Gasteiger partial charge on any atom is 0.167 e. The van der Waals surface area contributed by atoms with Crippen LogP contribution in [0.3, 0.4) is 0 Å². The van der Waals surface area contributed by atoms with Gasteiger partial charge in [0.05, 0.1) is 12.2 Å².